The van der Waals surface area contributed by atoms with E-state index in [9.17, 15) is 4.79 Å². The van der Waals surface area contributed by atoms with Gasteiger partial charge in [0.1, 0.15) is 17.1 Å². The van der Waals surface area contributed by atoms with Crippen LogP contribution in [0.1, 0.15) is 5.56 Å². The Hall–Kier alpha value is -3.41. The quantitative estimate of drug-likeness (QED) is 0.624. The maximum absolute atomic E-state index is 12.3. The molecule has 2 aromatic carbocycles. The van der Waals surface area contributed by atoms with Crippen molar-refractivity contribution in [3.05, 3.63) is 76.7 Å². The second-order valence-corrected chi connectivity index (χ2v) is 5.69. The van der Waals surface area contributed by atoms with Gasteiger partial charge in [-0.3, -0.25) is 9.48 Å². The molecule has 6 heteroatoms. The van der Waals surface area contributed by atoms with Crippen LogP contribution in [0.4, 0.5) is 0 Å². The predicted molar refractivity (Wildman–Crippen MR) is 95.7 cm³/mol. The summed E-state index contributed by atoms with van der Waals surface area (Å²) in [6.45, 7) is 0.556. The van der Waals surface area contributed by atoms with Crippen LogP contribution in [0, 0.1) is 0 Å². The molecule has 0 amide bonds. The molecule has 2 aromatic heterocycles. The molecule has 0 saturated carbocycles. The highest BCUT2D eigenvalue weighted by Crippen LogP contribution is 2.16. The molecular formula is C19H16N4O2. The highest BCUT2D eigenvalue weighted by atomic mass is 16.5. The van der Waals surface area contributed by atoms with E-state index in [1.165, 1.54) is 0 Å². The number of benzene rings is 2. The van der Waals surface area contributed by atoms with Crippen LogP contribution in [0.2, 0.25) is 0 Å². The molecule has 0 saturated heterocycles. The van der Waals surface area contributed by atoms with Gasteiger partial charge in [0.15, 0.2) is 5.52 Å². The molecule has 0 unspecified atom stereocenters. The van der Waals surface area contributed by atoms with Crippen molar-refractivity contribution in [1.29, 1.82) is 0 Å². The van der Waals surface area contributed by atoms with Gasteiger partial charge < -0.3 is 9.72 Å². The van der Waals surface area contributed by atoms with E-state index in [1.54, 1.807) is 18.0 Å². The summed E-state index contributed by atoms with van der Waals surface area (Å²) in [5.74, 6) is 1.35. The molecule has 0 atom stereocenters. The summed E-state index contributed by atoms with van der Waals surface area (Å²) in [6.07, 6.45) is 1.79. The maximum atomic E-state index is 12.3. The highest BCUT2D eigenvalue weighted by Gasteiger charge is 2.10. The number of nitrogens with one attached hydrogen (secondary N) is 1. The van der Waals surface area contributed by atoms with Gasteiger partial charge in [-0.05, 0) is 17.7 Å². The summed E-state index contributed by atoms with van der Waals surface area (Å²) in [6, 6.07) is 17.3. The van der Waals surface area contributed by atoms with Gasteiger partial charge in [-0.1, -0.05) is 42.5 Å². The van der Waals surface area contributed by atoms with Crippen molar-refractivity contribution >= 4 is 11.0 Å². The average molecular weight is 332 g/mol. The minimum Gasteiger partial charge on any atom is -0.497 e. The van der Waals surface area contributed by atoms with Gasteiger partial charge in [0.05, 0.1) is 19.9 Å². The van der Waals surface area contributed by atoms with Crippen LogP contribution in [0.15, 0.2) is 65.6 Å². The van der Waals surface area contributed by atoms with Crippen LogP contribution in [-0.4, -0.2) is 26.9 Å². The van der Waals surface area contributed by atoms with Gasteiger partial charge >= 0.3 is 0 Å². The molecular weight excluding hydrogens is 316 g/mol. The first-order valence-electron chi connectivity index (χ1n) is 7.89. The van der Waals surface area contributed by atoms with E-state index in [4.69, 9.17) is 4.74 Å². The fourth-order valence-corrected chi connectivity index (χ4v) is 2.70. The highest BCUT2D eigenvalue weighted by molar-refractivity contribution is 5.74. The lowest BCUT2D eigenvalue weighted by Gasteiger charge is -2.03. The Labute approximate surface area is 143 Å². The van der Waals surface area contributed by atoms with Crippen molar-refractivity contribution in [1.82, 2.24) is 19.7 Å². The molecule has 25 heavy (non-hydrogen) atoms. The summed E-state index contributed by atoms with van der Waals surface area (Å²) in [4.78, 5) is 19.7. The second kappa shape index (κ2) is 6.24. The van der Waals surface area contributed by atoms with Gasteiger partial charge in [-0.15, -0.1) is 0 Å². The van der Waals surface area contributed by atoms with Crippen LogP contribution in [0.3, 0.4) is 0 Å². The van der Waals surface area contributed by atoms with Crippen molar-refractivity contribution in [3.8, 4) is 17.1 Å². The summed E-state index contributed by atoms with van der Waals surface area (Å²) >= 11 is 0. The number of methoxy groups -OCH3 is 1. The molecule has 0 aliphatic carbocycles. The largest absolute Gasteiger partial charge is 0.497 e. The number of ether oxygens (including phenoxy) is 1. The minimum absolute atomic E-state index is 0.239. The SMILES string of the molecule is COc1ccc(Cn2cc3nc(-c4ccccc4)[nH]c(=O)c3n2)cc1. The van der Waals surface area contributed by atoms with E-state index in [0.717, 1.165) is 16.9 Å². The van der Waals surface area contributed by atoms with Crippen molar-refractivity contribution in [3.63, 3.8) is 0 Å². The third kappa shape index (κ3) is 3.01. The Morgan fingerprint density at radius 1 is 1.08 bits per heavy atom. The van der Waals surface area contributed by atoms with E-state index >= 15 is 0 Å². The third-order valence-corrected chi connectivity index (χ3v) is 3.97. The number of nitrogens with zero attached hydrogens (tertiary/aromatic N) is 3. The molecule has 4 aromatic rings. The fourth-order valence-electron chi connectivity index (χ4n) is 2.70. The molecule has 6 nitrogen and oxygen atoms in total. The monoisotopic (exact) mass is 332 g/mol. The minimum atomic E-state index is -0.239. The van der Waals surface area contributed by atoms with Crippen LogP contribution >= 0.6 is 0 Å². The van der Waals surface area contributed by atoms with E-state index in [-0.39, 0.29) is 5.56 Å². The lowest BCUT2D eigenvalue weighted by Crippen LogP contribution is -2.10. The zero-order valence-corrected chi connectivity index (χ0v) is 13.6. The summed E-state index contributed by atoms with van der Waals surface area (Å²) in [5.41, 5.74) is 2.61. The van der Waals surface area contributed by atoms with E-state index < -0.39 is 0 Å². The van der Waals surface area contributed by atoms with Gasteiger partial charge in [0.2, 0.25) is 0 Å². The number of hydrogen-bond acceptors (Lipinski definition) is 4. The van der Waals surface area contributed by atoms with Crippen LogP contribution < -0.4 is 10.3 Å². The summed E-state index contributed by atoms with van der Waals surface area (Å²) in [5, 5.41) is 4.36. The topological polar surface area (TPSA) is 72.8 Å². The lowest BCUT2D eigenvalue weighted by atomic mass is 10.2. The Morgan fingerprint density at radius 2 is 1.84 bits per heavy atom. The molecule has 124 valence electrons. The van der Waals surface area contributed by atoms with Crippen molar-refractivity contribution in [2.75, 3.05) is 7.11 Å². The Morgan fingerprint density at radius 3 is 2.56 bits per heavy atom. The van der Waals surface area contributed by atoms with Crippen LogP contribution in [-0.2, 0) is 6.54 Å². The Bertz CT molecular complexity index is 1070. The average Bonchev–Trinajstić information content (AvgIpc) is 3.06. The molecule has 2 heterocycles. The molecule has 0 spiro atoms. The maximum Gasteiger partial charge on any atom is 0.279 e. The third-order valence-electron chi connectivity index (χ3n) is 3.97. The predicted octanol–water partition coefficient (Wildman–Crippen LogP) is 2.84. The Kier molecular flexibility index (Phi) is 3.78. The normalized spacial score (nSPS) is 10.9. The summed E-state index contributed by atoms with van der Waals surface area (Å²) in [7, 11) is 1.64. The number of hydrogen-bond donors (Lipinski definition) is 1. The van der Waals surface area contributed by atoms with Gasteiger partial charge in [0.25, 0.3) is 5.56 Å². The van der Waals surface area contributed by atoms with Gasteiger partial charge in [-0.2, -0.15) is 5.10 Å². The number of rotatable bonds is 4. The molecule has 1 N–H and O–H groups in total. The Balaban J connectivity index is 1.70. The first-order chi connectivity index (χ1) is 12.2. The van der Waals surface area contributed by atoms with Crippen molar-refractivity contribution < 1.29 is 4.74 Å². The first kappa shape index (κ1) is 15.1. The summed E-state index contributed by atoms with van der Waals surface area (Å²) < 4.78 is 6.89. The zero-order valence-electron chi connectivity index (χ0n) is 13.6. The number of fused-ring (bicyclic) bond motifs is 1. The van der Waals surface area contributed by atoms with Crippen molar-refractivity contribution in [2.45, 2.75) is 6.54 Å². The number of H-pyrrole nitrogens is 1. The van der Waals surface area contributed by atoms with Gasteiger partial charge in [-0.25, -0.2) is 4.98 Å². The molecule has 0 bridgehead atoms. The molecule has 4 rings (SSSR count). The van der Waals surface area contributed by atoms with Crippen molar-refractivity contribution in [2.24, 2.45) is 0 Å². The van der Waals surface area contributed by atoms with E-state index in [2.05, 4.69) is 15.1 Å². The molecule has 0 aliphatic heterocycles. The van der Waals surface area contributed by atoms with Crippen LogP contribution in [0.25, 0.3) is 22.4 Å². The molecule has 0 aliphatic rings. The number of aromatic amines is 1. The smallest absolute Gasteiger partial charge is 0.279 e. The fraction of sp³-hybridized carbons (Fsp3) is 0.105. The molecule has 0 fully saturated rings. The number of aromatic nitrogens is 4. The zero-order chi connectivity index (χ0) is 17.2. The van der Waals surface area contributed by atoms with E-state index in [1.807, 2.05) is 54.6 Å². The van der Waals surface area contributed by atoms with Crippen LogP contribution in [0.5, 0.6) is 5.75 Å². The first-order valence-corrected chi connectivity index (χ1v) is 7.89. The standard InChI is InChI=1S/C19H16N4O2/c1-25-15-9-7-13(8-10-15)11-23-12-16-17(22-23)19(24)21-18(20-16)14-5-3-2-4-6-14/h2-10,12H,11H2,1H3,(H,20,21,24). The van der Waals surface area contributed by atoms with E-state index in [0.29, 0.717) is 23.4 Å². The van der Waals surface area contributed by atoms with Gasteiger partial charge in [0, 0.05) is 5.56 Å². The molecule has 0 radical (unpaired) electrons. The second-order valence-electron chi connectivity index (χ2n) is 5.69. The lowest BCUT2D eigenvalue weighted by molar-refractivity contribution is 0.414.